The predicted octanol–water partition coefficient (Wildman–Crippen LogP) is 1.68. The van der Waals surface area contributed by atoms with Crippen molar-refractivity contribution in [3.63, 3.8) is 0 Å². The van der Waals surface area contributed by atoms with Crippen LogP contribution in [0.2, 0.25) is 0 Å². The van der Waals surface area contributed by atoms with Gasteiger partial charge < -0.3 is 10.8 Å². The fraction of sp³-hybridized carbons (Fsp3) is 0.0769. The van der Waals surface area contributed by atoms with Gasteiger partial charge in [0.1, 0.15) is 29.2 Å². The Balaban J connectivity index is 2.45. The topological polar surface area (TPSA) is 76.2 Å². The number of nitrogens with zero attached hydrogens (tertiary/aromatic N) is 1. The first kappa shape index (κ1) is 14.0. The number of hydrogen-bond donors (Lipinski definition) is 2. The summed E-state index contributed by atoms with van der Waals surface area (Å²) in [6.45, 7) is 0. The third-order valence-electron chi connectivity index (χ3n) is 2.67. The number of benzene rings is 1. The van der Waals surface area contributed by atoms with E-state index in [1.165, 1.54) is 0 Å². The number of hydrogen-bond acceptors (Lipinski definition) is 3. The molecule has 3 N–H and O–H groups in total. The van der Waals surface area contributed by atoms with Crippen molar-refractivity contribution in [1.82, 2.24) is 4.98 Å². The summed E-state index contributed by atoms with van der Waals surface area (Å²) >= 11 is 0. The summed E-state index contributed by atoms with van der Waals surface area (Å²) in [5, 5.41) is 9.88. The van der Waals surface area contributed by atoms with Gasteiger partial charge in [0.15, 0.2) is 0 Å². The van der Waals surface area contributed by atoms with Gasteiger partial charge in [0.05, 0.1) is 5.56 Å². The van der Waals surface area contributed by atoms with Gasteiger partial charge in [0.2, 0.25) is 5.91 Å². The average Bonchev–Trinajstić information content (AvgIpc) is 2.40. The first-order valence-corrected chi connectivity index (χ1v) is 5.48. The summed E-state index contributed by atoms with van der Waals surface area (Å²) in [5.41, 5.74) is 3.77. The zero-order valence-electron chi connectivity index (χ0n) is 9.98. The van der Waals surface area contributed by atoms with Crippen LogP contribution in [0.5, 0.6) is 0 Å². The lowest BCUT2D eigenvalue weighted by Gasteiger charge is -2.12. The normalized spacial score (nSPS) is 12.2. The van der Waals surface area contributed by atoms with Gasteiger partial charge in [-0.15, -0.1) is 0 Å². The van der Waals surface area contributed by atoms with Gasteiger partial charge in [-0.2, -0.15) is 0 Å². The third-order valence-corrected chi connectivity index (χ3v) is 2.67. The minimum atomic E-state index is -1.80. The van der Waals surface area contributed by atoms with Gasteiger partial charge in [-0.25, -0.2) is 13.2 Å². The van der Waals surface area contributed by atoms with E-state index in [1.54, 1.807) is 0 Å². The molecule has 1 atom stereocenters. The molecule has 2 rings (SSSR count). The first-order valence-electron chi connectivity index (χ1n) is 5.48. The number of carbonyl (C=O) groups is 1. The second-order valence-electron chi connectivity index (χ2n) is 4.02. The van der Waals surface area contributed by atoms with E-state index in [1.807, 2.05) is 0 Å². The Morgan fingerprint density at radius 1 is 1.20 bits per heavy atom. The number of pyridine rings is 1. The Bertz CT molecular complexity index is 677. The molecule has 4 nitrogen and oxygen atoms in total. The lowest BCUT2D eigenvalue weighted by molar-refractivity contribution is 0.0999. The number of aromatic nitrogens is 1. The maximum atomic E-state index is 13.7. The van der Waals surface area contributed by atoms with Crippen molar-refractivity contribution in [3.8, 4) is 0 Å². The number of rotatable bonds is 3. The van der Waals surface area contributed by atoms with Crippen molar-refractivity contribution in [2.24, 2.45) is 5.73 Å². The highest BCUT2D eigenvalue weighted by molar-refractivity contribution is 5.92. The Kier molecular flexibility index (Phi) is 3.71. The van der Waals surface area contributed by atoms with Crippen LogP contribution in [-0.4, -0.2) is 16.0 Å². The molecule has 20 heavy (non-hydrogen) atoms. The maximum Gasteiger partial charge on any atom is 0.250 e. The van der Waals surface area contributed by atoms with Crippen LogP contribution < -0.4 is 5.73 Å². The van der Waals surface area contributed by atoms with E-state index < -0.39 is 40.7 Å². The molecular weight excluding hydrogens is 273 g/mol. The van der Waals surface area contributed by atoms with E-state index >= 15 is 0 Å². The van der Waals surface area contributed by atoms with Crippen molar-refractivity contribution in [3.05, 3.63) is 64.7 Å². The molecular formula is C13H9F3N2O2. The van der Waals surface area contributed by atoms with E-state index in [0.29, 0.717) is 0 Å². The van der Waals surface area contributed by atoms with Crippen molar-refractivity contribution in [2.45, 2.75) is 6.10 Å². The molecule has 1 amide bonds. The molecule has 2 aromatic rings. The predicted molar refractivity (Wildman–Crippen MR) is 63.1 cm³/mol. The quantitative estimate of drug-likeness (QED) is 0.899. The van der Waals surface area contributed by atoms with Crippen molar-refractivity contribution < 1.29 is 23.1 Å². The second kappa shape index (κ2) is 5.30. The minimum absolute atomic E-state index is 0.196. The van der Waals surface area contributed by atoms with Crippen LogP contribution in [-0.2, 0) is 0 Å². The minimum Gasteiger partial charge on any atom is -0.382 e. The number of primary amides is 1. The van der Waals surface area contributed by atoms with Gasteiger partial charge in [0.25, 0.3) is 0 Å². The Labute approximate surface area is 111 Å². The highest BCUT2D eigenvalue weighted by Crippen LogP contribution is 2.25. The van der Waals surface area contributed by atoms with Crippen LogP contribution in [0.1, 0.15) is 27.7 Å². The molecule has 0 spiro atoms. The number of nitrogens with two attached hydrogens (primary N) is 1. The molecule has 0 bridgehead atoms. The molecule has 1 aromatic heterocycles. The second-order valence-corrected chi connectivity index (χ2v) is 4.02. The van der Waals surface area contributed by atoms with Crippen molar-refractivity contribution in [1.29, 1.82) is 0 Å². The zero-order valence-corrected chi connectivity index (χ0v) is 9.98. The van der Waals surface area contributed by atoms with Gasteiger partial charge in [-0.3, -0.25) is 9.78 Å². The summed E-state index contributed by atoms with van der Waals surface area (Å²) in [5.74, 6) is -3.62. The number of aliphatic hydroxyl groups is 1. The maximum absolute atomic E-state index is 13.7. The summed E-state index contributed by atoms with van der Waals surface area (Å²) in [6.07, 6.45) is -0.853. The molecule has 0 saturated carbocycles. The van der Waals surface area contributed by atoms with Gasteiger partial charge >= 0.3 is 0 Å². The van der Waals surface area contributed by atoms with E-state index in [9.17, 15) is 23.1 Å². The smallest absolute Gasteiger partial charge is 0.250 e. The van der Waals surface area contributed by atoms with E-state index in [-0.39, 0.29) is 5.56 Å². The van der Waals surface area contributed by atoms with E-state index in [0.717, 1.165) is 30.5 Å². The van der Waals surface area contributed by atoms with Crippen LogP contribution in [0.4, 0.5) is 13.2 Å². The van der Waals surface area contributed by atoms with Gasteiger partial charge in [0, 0.05) is 11.8 Å². The largest absolute Gasteiger partial charge is 0.382 e. The zero-order chi connectivity index (χ0) is 14.9. The molecule has 0 aliphatic carbocycles. The van der Waals surface area contributed by atoms with Crippen LogP contribution in [0.25, 0.3) is 0 Å². The number of carbonyl (C=O) groups excluding carboxylic acids is 1. The molecule has 0 saturated heterocycles. The molecule has 104 valence electrons. The Hall–Kier alpha value is -2.41. The standard InChI is InChI=1S/C13H9F3N2O2/c14-7-1-2-9(15)8(4-7)12(19)11-10(16)3-6(5-18-11)13(17)20/h1-5,12,19H,(H2,17,20). The first-order chi connectivity index (χ1) is 9.40. The molecule has 0 radical (unpaired) electrons. The molecule has 1 unspecified atom stereocenters. The summed E-state index contributed by atoms with van der Waals surface area (Å²) in [6, 6.07) is 3.18. The molecule has 0 aliphatic rings. The lowest BCUT2D eigenvalue weighted by Crippen LogP contribution is -2.14. The van der Waals surface area contributed by atoms with Crippen LogP contribution in [0, 0.1) is 17.5 Å². The summed E-state index contributed by atoms with van der Waals surface area (Å²) in [7, 11) is 0. The molecule has 7 heteroatoms. The van der Waals surface area contributed by atoms with Gasteiger partial charge in [-0.05, 0) is 24.3 Å². The number of amides is 1. The highest BCUT2D eigenvalue weighted by Gasteiger charge is 2.21. The fourth-order valence-electron chi connectivity index (χ4n) is 1.66. The Morgan fingerprint density at radius 2 is 1.90 bits per heavy atom. The van der Waals surface area contributed by atoms with E-state index in [4.69, 9.17) is 5.73 Å². The average molecular weight is 282 g/mol. The van der Waals surface area contributed by atoms with E-state index in [2.05, 4.69) is 4.98 Å². The van der Waals surface area contributed by atoms with Crippen LogP contribution >= 0.6 is 0 Å². The molecule has 0 fully saturated rings. The highest BCUT2D eigenvalue weighted by atomic mass is 19.1. The lowest BCUT2D eigenvalue weighted by atomic mass is 10.0. The van der Waals surface area contributed by atoms with Crippen LogP contribution in [0.15, 0.2) is 30.5 Å². The summed E-state index contributed by atoms with van der Waals surface area (Å²) < 4.78 is 40.3. The van der Waals surface area contributed by atoms with Crippen molar-refractivity contribution in [2.75, 3.05) is 0 Å². The molecule has 1 heterocycles. The summed E-state index contributed by atoms with van der Waals surface area (Å²) in [4.78, 5) is 14.4. The SMILES string of the molecule is NC(=O)c1cnc(C(O)c2cc(F)ccc2F)c(F)c1. The number of aliphatic hydroxyl groups excluding tert-OH is 1. The monoisotopic (exact) mass is 282 g/mol. The van der Waals surface area contributed by atoms with Crippen LogP contribution in [0.3, 0.4) is 0 Å². The Morgan fingerprint density at radius 3 is 2.50 bits per heavy atom. The van der Waals surface area contributed by atoms with Crippen molar-refractivity contribution >= 4 is 5.91 Å². The molecule has 0 aliphatic heterocycles. The number of halogens is 3. The fourth-order valence-corrected chi connectivity index (χ4v) is 1.66. The molecule has 1 aromatic carbocycles. The van der Waals surface area contributed by atoms with Gasteiger partial charge in [-0.1, -0.05) is 0 Å². The third kappa shape index (κ3) is 2.62.